The van der Waals surface area contributed by atoms with E-state index in [1.165, 1.54) is 0 Å². The second-order valence-electron chi connectivity index (χ2n) is 6.19. The van der Waals surface area contributed by atoms with Crippen molar-refractivity contribution < 1.29 is 13.9 Å². The van der Waals surface area contributed by atoms with Crippen molar-refractivity contribution in [1.82, 2.24) is 4.57 Å². The van der Waals surface area contributed by atoms with Crippen molar-refractivity contribution in [2.45, 2.75) is 0 Å². The lowest BCUT2D eigenvalue weighted by Gasteiger charge is -2.07. The molecule has 136 valence electrons. The predicted molar refractivity (Wildman–Crippen MR) is 106 cm³/mol. The molecule has 4 rings (SSSR count). The van der Waals surface area contributed by atoms with Gasteiger partial charge in [0.2, 0.25) is 0 Å². The van der Waals surface area contributed by atoms with Gasteiger partial charge in [0.25, 0.3) is 5.91 Å². The maximum absolute atomic E-state index is 12.2. The van der Waals surface area contributed by atoms with Crippen LogP contribution in [0.25, 0.3) is 22.0 Å². The first-order valence-corrected chi connectivity index (χ1v) is 8.78. The van der Waals surface area contributed by atoms with E-state index >= 15 is 0 Å². The number of aromatic nitrogens is 1. The van der Waals surface area contributed by atoms with Crippen molar-refractivity contribution in [3.05, 3.63) is 72.3 Å². The first kappa shape index (κ1) is 17.2. The summed E-state index contributed by atoms with van der Waals surface area (Å²) in [6.07, 6.45) is 5.21. The van der Waals surface area contributed by atoms with Gasteiger partial charge in [0.1, 0.15) is 5.75 Å². The number of fused-ring (bicyclic) bond motifs is 1. The van der Waals surface area contributed by atoms with Gasteiger partial charge < -0.3 is 19.0 Å². The Balaban J connectivity index is 1.52. The first-order chi connectivity index (χ1) is 13.1. The number of hydrogen-bond acceptors (Lipinski definition) is 3. The minimum atomic E-state index is -0.236. The molecule has 2 aromatic heterocycles. The van der Waals surface area contributed by atoms with Crippen LogP contribution in [0.3, 0.4) is 0 Å². The zero-order valence-electron chi connectivity index (χ0n) is 14.6. The summed E-state index contributed by atoms with van der Waals surface area (Å²) in [6.45, 7) is -0.0856. The van der Waals surface area contributed by atoms with E-state index in [2.05, 4.69) is 5.32 Å². The van der Waals surface area contributed by atoms with Gasteiger partial charge in [0.15, 0.2) is 6.61 Å². The van der Waals surface area contributed by atoms with Crippen LogP contribution in [0.1, 0.15) is 0 Å². The molecule has 2 aromatic carbocycles. The average Bonchev–Trinajstić information content (AvgIpc) is 3.30. The monoisotopic (exact) mass is 380 g/mol. The zero-order valence-corrected chi connectivity index (χ0v) is 15.4. The fraction of sp³-hybridized carbons (Fsp3) is 0.0952. The van der Waals surface area contributed by atoms with Gasteiger partial charge in [-0.2, -0.15) is 0 Å². The largest absolute Gasteiger partial charge is 0.482 e. The first-order valence-electron chi connectivity index (χ1n) is 8.40. The number of hydrogen-bond donors (Lipinski definition) is 1. The summed E-state index contributed by atoms with van der Waals surface area (Å²) in [5.74, 6) is 0.421. The van der Waals surface area contributed by atoms with E-state index in [4.69, 9.17) is 20.8 Å². The second-order valence-corrected chi connectivity index (χ2v) is 6.63. The molecular weight excluding hydrogens is 364 g/mol. The van der Waals surface area contributed by atoms with Crippen molar-refractivity contribution in [1.29, 1.82) is 0 Å². The topological polar surface area (TPSA) is 56.4 Å². The lowest BCUT2D eigenvalue weighted by molar-refractivity contribution is -0.118. The van der Waals surface area contributed by atoms with E-state index in [1.807, 2.05) is 42.1 Å². The van der Waals surface area contributed by atoms with Crippen LogP contribution in [0.5, 0.6) is 5.75 Å². The summed E-state index contributed by atoms with van der Waals surface area (Å²) >= 11 is 5.85. The highest BCUT2D eigenvalue weighted by Gasteiger charge is 2.12. The van der Waals surface area contributed by atoms with Gasteiger partial charge in [0, 0.05) is 34.9 Å². The Morgan fingerprint density at radius 2 is 1.96 bits per heavy atom. The molecule has 2 heterocycles. The summed E-state index contributed by atoms with van der Waals surface area (Å²) in [5, 5.41) is 4.35. The molecule has 0 radical (unpaired) electrons. The number of carbonyl (C=O) groups excluding carboxylic acids is 1. The van der Waals surface area contributed by atoms with E-state index in [1.54, 1.807) is 36.8 Å². The van der Waals surface area contributed by atoms with Crippen LogP contribution in [0, 0.1) is 0 Å². The number of aryl methyl sites for hydroxylation is 1. The maximum Gasteiger partial charge on any atom is 0.262 e. The molecule has 27 heavy (non-hydrogen) atoms. The highest BCUT2D eigenvalue weighted by Crippen LogP contribution is 2.32. The molecule has 0 spiro atoms. The van der Waals surface area contributed by atoms with E-state index in [0.717, 1.165) is 22.0 Å². The lowest BCUT2D eigenvalue weighted by atomic mass is 10.1. The zero-order chi connectivity index (χ0) is 18.8. The molecule has 5 nitrogen and oxygen atoms in total. The minimum absolute atomic E-state index is 0.0856. The fourth-order valence-corrected chi connectivity index (χ4v) is 3.08. The van der Waals surface area contributed by atoms with E-state index in [9.17, 15) is 4.79 Å². The van der Waals surface area contributed by atoms with Crippen LogP contribution >= 0.6 is 11.6 Å². The quantitative estimate of drug-likeness (QED) is 0.523. The number of anilines is 1. The van der Waals surface area contributed by atoms with Gasteiger partial charge in [-0.05, 0) is 48.0 Å². The summed E-state index contributed by atoms with van der Waals surface area (Å²) in [7, 11) is 1.94. The number of halogens is 1. The molecule has 0 saturated carbocycles. The number of carbonyl (C=O) groups is 1. The third-order valence-corrected chi connectivity index (χ3v) is 4.55. The van der Waals surface area contributed by atoms with Gasteiger partial charge in [-0.1, -0.05) is 17.7 Å². The summed E-state index contributed by atoms with van der Waals surface area (Å²) in [5.41, 5.74) is 3.72. The Bertz CT molecular complexity index is 1080. The summed E-state index contributed by atoms with van der Waals surface area (Å²) in [4.78, 5) is 12.2. The van der Waals surface area contributed by atoms with Gasteiger partial charge in [-0.3, -0.25) is 4.79 Å². The van der Waals surface area contributed by atoms with Gasteiger partial charge in [-0.15, -0.1) is 0 Å². The molecule has 1 amide bonds. The van der Waals surface area contributed by atoms with E-state index in [0.29, 0.717) is 16.5 Å². The van der Waals surface area contributed by atoms with Gasteiger partial charge in [-0.25, -0.2) is 0 Å². The Morgan fingerprint density at radius 1 is 1.15 bits per heavy atom. The molecule has 4 aromatic rings. The van der Waals surface area contributed by atoms with Crippen LogP contribution < -0.4 is 10.1 Å². The molecule has 0 aliphatic rings. The Labute approximate surface area is 161 Å². The van der Waals surface area contributed by atoms with E-state index in [-0.39, 0.29) is 12.5 Å². The van der Waals surface area contributed by atoms with Crippen molar-refractivity contribution in [3.63, 3.8) is 0 Å². The molecule has 0 bridgehead atoms. The average molecular weight is 381 g/mol. The number of furan rings is 1. The standard InChI is InChI=1S/C21H17ClN2O3/c1-24-11-20(27-13-21(25)23-17-5-3-16(22)4-6-17)18-10-14(2-7-19(18)24)15-8-9-26-12-15/h2-12H,13H2,1H3,(H,23,25). The van der Waals surface area contributed by atoms with Crippen molar-refractivity contribution in [3.8, 4) is 16.9 Å². The molecule has 6 heteroatoms. The molecule has 0 unspecified atom stereocenters. The predicted octanol–water partition coefficient (Wildman–Crippen LogP) is 5.11. The number of rotatable bonds is 5. The highest BCUT2D eigenvalue weighted by atomic mass is 35.5. The maximum atomic E-state index is 12.2. The molecule has 0 fully saturated rings. The normalized spacial score (nSPS) is 10.9. The molecule has 1 N–H and O–H groups in total. The SMILES string of the molecule is Cn1cc(OCC(=O)Nc2ccc(Cl)cc2)c2cc(-c3ccoc3)ccc21. The smallest absolute Gasteiger partial charge is 0.262 e. The van der Waals surface area contributed by atoms with Crippen molar-refractivity contribution in [2.24, 2.45) is 7.05 Å². The number of nitrogens with one attached hydrogen (secondary N) is 1. The Morgan fingerprint density at radius 3 is 2.70 bits per heavy atom. The third-order valence-electron chi connectivity index (χ3n) is 4.29. The molecule has 0 saturated heterocycles. The molecule has 0 atom stereocenters. The summed E-state index contributed by atoms with van der Waals surface area (Å²) in [6, 6.07) is 14.9. The van der Waals surface area contributed by atoms with Crippen LogP contribution in [0.15, 0.2) is 71.7 Å². The van der Waals surface area contributed by atoms with Gasteiger partial charge in [0.05, 0.1) is 18.0 Å². The molecule has 0 aliphatic heterocycles. The van der Waals surface area contributed by atoms with Crippen LogP contribution in [-0.2, 0) is 11.8 Å². The molecular formula is C21H17ClN2O3. The van der Waals surface area contributed by atoms with Crippen LogP contribution in [-0.4, -0.2) is 17.1 Å². The van der Waals surface area contributed by atoms with Crippen molar-refractivity contribution in [2.75, 3.05) is 11.9 Å². The fourth-order valence-electron chi connectivity index (χ4n) is 2.95. The van der Waals surface area contributed by atoms with Crippen LogP contribution in [0.4, 0.5) is 5.69 Å². The van der Waals surface area contributed by atoms with Crippen LogP contribution in [0.2, 0.25) is 5.02 Å². The Kier molecular flexibility index (Phi) is 4.60. The number of nitrogens with zero attached hydrogens (tertiary/aromatic N) is 1. The summed E-state index contributed by atoms with van der Waals surface area (Å²) < 4.78 is 12.9. The second kappa shape index (κ2) is 7.21. The van der Waals surface area contributed by atoms with Crippen molar-refractivity contribution >= 4 is 34.1 Å². The molecule has 0 aliphatic carbocycles. The number of benzene rings is 2. The number of ether oxygens (including phenoxy) is 1. The third kappa shape index (κ3) is 3.68. The minimum Gasteiger partial charge on any atom is -0.482 e. The lowest BCUT2D eigenvalue weighted by Crippen LogP contribution is -2.20. The highest BCUT2D eigenvalue weighted by molar-refractivity contribution is 6.30. The van der Waals surface area contributed by atoms with E-state index < -0.39 is 0 Å². The Hall–Kier alpha value is -3.18. The number of amides is 1. The van der Waals surface area contributed by atoms with Gasteiger partial charge >= 0.3 is 0 Å².